The van der Waals surface area contributed by atoms with Crippen LogP contribution in [0.1, 0.15) is 23.8 Å². The van der Waals surface area contributed by atoms with Crippen LogP contribution in [0.3, 0.4) is 0 Å². The summed E-state index contributed by atoms with van der Waals surface area (Å²) >= 11 is 1.47. The zero-order valence-electron chi connectivity index (χ0n) is 11.0. The van der Waals surface area contributed by atoms with E-state index >= 15 is 0 Å². The molecular formula is C14H13F2NO2S2. The van der Waals surface area contributed by atoms with E-state index in [9.17, 15) is 17.2 Å². The number of benzene rings is 1. The zero-order chi connectivity index (χ0) is 15.0. The van der Waals surface area contributed by atoms with Crippen LogP contribution in [0.5, 0.6) is 0 Å². The van der Waals surface area contributed by atoms with Gasteiger partial charge in [-0.2, -0.15) is 4.31 Å². The van der Waals surface area contributed by atoms with Gasteiger partial charge in [-0.25, -0.2) is 17.2 Å². The number of nitrogens with zero attached hydrogens (tertiary/aromatic N) is 1. The van der Waals surface area contributed by atoms with Crippen LogP contribution in [0.4, 0.5) is 8.78 Å². The second-order valence-corrected chi connectivity index (χ2v) is 7.70. The molecule has 0 spiro atoms. The molecule has 0 radical (unpaired) electrons. The van der Waals surface area contributed by atoms with Crippen LogP contribution in [0.2, 0.25) is 0 Å². The van der Waals surface area contributed by atoms with Gasteiger partial charge in [0.15, 0.2) is 0 Å². The van der Waals surface area contributed by atoms with E-state index < -0.39 is 26.6 Å². The Hall–Kier alpha value is -1.31. The molecule has 1 fully saturated rings. The molecule has 0 bridgehead atoms. The van der Waals surface area contributed by atoms with E-state index in [2.05, 4.69) is 0 Å². The van der Waals surface area contributed by atoms with Crippen LogP contribution < -0.4 is 0 Å². The molecule has 0 saturated carbocycles. The number of hydrogen-bond acceptors (Lipinski definition) is 3. The summed E-state index contributed by atoms with van der Waals surface area (Å²) in [5, 5.41) is 1.88. The van der Waals surface area contributed by atoms with Gasteiger partial charge in [0.25, 0.3) is 0 Å². The van der Waals surface area contributed by atoms with Crippen molar-refractivity contribution in [1.82, 2.24) is 4.31 Å². The standard InChI is InChI=1S/C14H13F2NO2S2/c15-10-5-6-11(16)14(9-10)21(18,19)17-7-1-3-12(17)13-4-2-8-20-13/h2,4-6,8-9,12H,1,3,7H2/t12-/m0/s1. The van der Waals surface area contributed by atoms with Crippen molar-refractivity contribution in [2.45, 2.75) is 23.8 Å². The molecule has 0 amide bonds. The van der Waals surface area contributed by atoms with E-state index in [-0.39, 0.29) is 6.04 Å². The van der Waals surface area contributed by atoms with Crippen molar-refractivity contribution in [3.63, 3.8) is 0 Å². The van der Waals surface area contributed by atoms with Gasteiger partial charge in [0.2, 0.25) is 10.0 Å². The van der Waals surface area contributed by atoms with Gasteiger partial charge in [-0.3, -0.25) is 0 Å². The fraction of sp³-hybridized carbons (Fsp3) is 0.286. The average Bonchev–Trinajstić information content (AvgIpc) is 3.10. The van der Waals surface area contributed by atoms with E-state index in [1.54, 1.807) is 0 Å². The molecule has 2 heterocycles. The molecule has 1 aromatic heterocycles. The topological polar surface area (TPSA) is 37.4 Å². The molecule has 1 aromatic carbocycles. The summed E-state index contributed by atoms with van der Waals surface area (Å²) in [6.45, 7) is 0.320. The average molecular weight is 329 g/mol. The lowest BCUT2D eigenvalue weighted by molar-refractivity contribution is 0.397. The fourth-order valence-corrected chi connectivity index (χ4v) is 5.29. The van der Waals surface area contributed by atoms with Crippen molar-refractivity contribution in [2.75, 3.05) is 6.54 Å². The third-order valence-electron chi connectivity index (χ3n) is 3.56. The van der Waals surface area contributed by atoms with Gasteiger partial charge >= 0.3 is 0 Å². The molecule has 3 rings (SSSR count). The molecule has 0 aliphatic carbocycles. The number of sulfonamides is 1. The maximum absolute atomic E-state index is 13.8. The van der Waals surface area contributed by atoms with E-state index in [0.717, 1.165) is 23.1 Å². The van der Waals surface area contributed by atoms with Crippen molar-refractivity contribution in [2.24, 2.45) is 0 Å². The van der Waals surface area contributed by atoms with Crippen LogP contribution in [0.25, 0.3) is 0 Å². The highest BCUT2D eigenvalue weighted by atomic mass is 32.2. The summed E-state index contributed by atoms with van der Waals surface area (Å²) in [5.41, 5.74) is 0. The molecule has 1 aliphatic heterocycles. The SMILES string of the molecule is O=S(=O)(c1cc(F)ccc1F)N1CCC[C@H]1c1cccs1. The molecule has 2 aromatic rings. The minimum atomic E-state index is -4.04. The van der Waals surface area contributed by atoms with Crippen LogP contribution in [0, 0.1) is 11.6 Å². The van der Waals surface area contributed by atoms with Crippen LogP contribution >= 0.6 is 11.3 Å². The first-order chi connectivity index (χ1) is 10.00. The van der Waals surface area contributed by atoms with Gasteiger partial charge in [-0.1, -0.05) is 6.07 Å². The van der Waals surface area contributed by atoms with Gasteiger partial charge < -0.3 is 0 Å². The zero-order valence-corrected chi connectivity index (χ0v) is 12.6. The number of thiophene rings is 1. The molecule has 1 aliphatic rings. The molecule has 21 heavy (non-hydrogen) atoms. The van der Waals surface area contributed by atoms with E-state index in [0.29, 0.717) is 19.4 Å². The third kappa shape index (κ3) is 2.61. The van der Waals surface area contributed by atoms with Crippen LogP contribution in [0.15, 0.2) is 40.6 Å². The Labute approximate surface area is 125 Å². The predicted octanol–water partition coefficient (Wildman–Crippen LogP) is 3.55. The fourth-order valence-electron chi connectivity index (χ4n) is 2.59. The monoisotopic (exact) mass is 329 g/mol. The molecule has 0 unspecified atom stereocenters. The Morgan fingerprint density at radius 1 is 1.24 bits per heavy atom. The first-order valence-electron chi connectivity index (χ1n) is 6.50. The number of halogens is 2. The van der Waals surface area contributed by atoms with Crippen molar-refractivity contribution in [3.8, 4) is 0 Å². The molecule has 1 atom stereocenters. The highest BCUT2D eigenvalue weighted by Crippen LogP contribution is 2.38. The Morgan fingerprint density at radius 3 is 2.76 bits per heavy atom. The highest BCUT2D eigenvalue weighted by Gasteiger charge is 2.38. The maximum Gasteiger partial charge on any atom is 0.246 e. The highest BCUT2D eigenvalue weighted by molar-refractivity contribution is 7.89. The minimum absolute atomic E-state index is 0.294. The van der Waals surface area contributed by atoms with Crippen molar-refractivity contribution in [1.29, 1.82) is 0 Å². The smallest absolute Gasteiger partial charge is 0.207 e. The van der Waals surface area contributed by atoms with Crippen LogP contribution in [-0.4, -0.2) is 19.3 Å². The van der Waals surface area contributed by atoms with Crippen LogP contribution in [-0.2, 0) is 10.0 Å². The lowest BCUT2D eigenvalue weighted by Crippen LogP contribution is -2.31. The van der Waals surface area contributed by atoms with Crippen molar-refractivity contribution >= 4 is 21.4 Å². The number of rotatable bonds is 3. The first kappa shape index (κ1) is 14.6. The summed E-state index contributed by atoms with van der Waals surface area (Å²) in [5.74, 6) is -1.69. The van der Waals surface area contributed by atoms with E-state index in [1.807, 2.05) is 17.5 Å². The quantitative estimate of drug-likeness (QED) is 0.863. The van der Waals surface area contributed by atoms with Gasteiger partial charge in [0, 0.05) is 11.4 Å². The molecule has 7 heteroatoms. The molecule has 3 nitrogen and oxygen atoms in total. The van der Waals surface area contributed by atoms with E-state index in [4.69, 9.17) is 0 Å². The molecule has 1 saturated heterocycles. The predicted molar refractivity (Wildman–Crippen MR) is 76.5 cm³/mol. The van der Waals surface area contributed by atoms with E-state index in [1.165, 1.54) is 15.6 Å². The Balaban J connectivity index is 2.03. The minimum Gasteiger partial charge on any atom is -0.207 e. The van der Waals surface area contributed by atoms with Gasteiger partial charge in [-0.15, -0.1) is 11.3 Å². The van der Waals surface area contributed by atoms with Gasteiger partial charge in [-0.05, 0) is 42.5 Å². The second-order valence-electron chi connectivity index (χ2n) is 4.86. The first-order valence-corrected chi connectivity index (χ1v) is 8.82. The Kier molecular flexibility index (Phi) is 3.81. The summed E-state index contributed by atoms with van der Waals surface area (Å²) < 4.78 is 53.7. The number of hydrogen-bond donors (Lipinski definition) is 0. The second kappa shape index (κ2) is 5.47. The molecule has 112 valence electrons. The van der Waals surface area contributed by atoms with Gasteiger partial charge in [0.05, 0.1) is 6.04 Å². The normalized spacial score (nSPS) is 20.0. The summed E-state index contributed by atoms with van der Waals surface area (Å²) in [7, 11) is -4.04. The van der Waals surface area contributed by atoms with Crippen molar-refractivity contribution in [3.05, 3.63) is 52.2 Å². The molecular weight excluding hydrogens is 316 g/mol. The maximum atomic E-state index is 13.8. The summed E-state index contributed by atoms with van der Waals surface area (Å²) in [4.78, 5) is 0.332. The third-order valence-corrected chi connectivity index (χ3v) is 6.45. The lowest BCUT2D eigenvalue weighted by Gasteiger charge is -2.23. The summed E-state index contributed by atoms with van der Waals surface area (Å²) in [6, 6.07) is 5.93. The van der Waals surface area contributed by atoms with Gasteiger partial charge in [0.1, 0.15) is 16.5 Å². The Morgan fingerprint density at radius 2 is 2.05 bits per heavy atom. The largest absolute Gasteiger partial charge is 0.246 e. The molecule has 0 N–H and O–H groups in total. The summed E-state index contributed by atoms with van der Waals surface area (Å²) in [6.07, 6.45) is 1.40. The Bertz CT molecular complexity index is 744. The lowest BCUT2D eigenvalue weighted by atomic mass is 10.2. The van der Waals surface area contributed by atoms with Crippen molar-refractivity contribution < 1.29 is 17.2 Å².